The molecular weight excluding hydrogens is 334 g/mol. The molecule has 0 aliphatic carbocycles. The smallest absolute Gasteiger partial charge is 0.295 e. The molecule has 2 aromatic rings. The Morgan fingerprint density at radius 3 is 2.44 bits per heavy atom. The zero-order valence-corrected chi connectivity index (χ0v) is 16.4. The lowest BCUT2D eigenvalue weighted by Gasteiger charge is -2.02. The van der Waals surface area contributed by atoms with E-state index in [0.717, 1.165) is 30.5 Å². The Bertz CT molecular complexity index is 585. The van der Waals surface area contributed by atoms with Crippen LogP contribution in [0.15, 0.2) is 22.6 Å². The third kappa shape index (κ3) is 8.10. The first-order valence-corrected chi connectivity index (χ1v) is 9.67. The van der Waals surface area contributed by atoms with Gasteiger partial charge in [0.05, 0.1) is 0 Å². The molecule has 25 heavy (non-hydrogen) atoms. The number of benzene rings is 1. The fourth-order valence-electron chi connectivity index (χ4n) is 2.96. The average molecular weight is 368 g/mol. The van der Waals surface area contributed by atoms with Crippen molar-refractivity contribution < 1.29 is 4.42 Å². The van der Waals surface area contributed by atoms with Crippen molar-refractivity contribution in [3.63, 3.8) is 0 Å². The molecule has 0 unspecified atom stereocenters. The van der Waals surface area contributed by atoms with E-state index in [2.05, 4.69) is 29.4 Å². The summed E-state index contributed by atoms with van der Waals surface area (Å²) in [5.41, 5.74) is 8.65. The van der Waals surface area contributed by atoms with Gasteiger partial charge in [0.1, 0.15) is 5.52 Å². The Morgan fingerprint density at radius 2 is 1.72 bits per heavy atom. The van der Waals surface area contributed by atoms with Crippen molar-refractivity contribution in [3.05, 3.63) is 23.8 Å². The van der Waals surface area contributed by atoms with Crippen molar-refractivity contribution in [2.24, 2.45) is 5.73 Å². The molecule has 1 heterocycles. The van der Waals surface area contributed by atoms with Crippen LogP contribution < -0.4 is 11.1 Å². The van der Waals surface area contributed by atoms with E-state index >= 15 is 0 Å². The van der Waals surface area contributed by atoms with E-state index in [1.54, 1.807) is 0 Å². The maximum Gasteiger partial charge on any atom is 0.295 e. The van der Waals surface area contributed by atoms with Crippen molar-refractivity contribution in [3.8, 4) is 0 Å². The van der Waals surface area contributed by atoms with Crippen molar-refractivity contribution in [2.45, 2.75) is 71.1 Å². The number of rotatable bonds is 13. The van der Waals surface area contributed by atoms with E-state index in [0.29, 0.717) is 12.6 Å². The number of hydrogen-bond acceptors (Lipinski definition) is 4. The van der Waals surface area contributed by atoms with Gasteiger partial charge in [-0.15, -0.1) is 12.4 Å². The van der Waals surface area contributed by atoms with Crippen LogP contribution in [0.4, 0.5) is 6.01 Å². The van der Waals surface area contributed by atoms with Gasteiger partial charge in [-0.1, -0.05) is 57.9 Å². The van der Waals surface area contributed by atoms with Gasteiger partial charge in [0.25, 0.3) is 6.01 Å². The van der Waals surface area contributed by atoms with Gasteiger partial charge in [-0.3, -0.25) is 0 Å². The Kier molecular flexibility index (Phi) is 11.3. The Balaban J connectivity index is 0.00000312. The number of nitrogens with two attached hydrogens (primary N) is 1. The minimum atomic E-state index is 0. The molecule has 4 nitrogen and oxygen atoms in total. The van der Waals surface area contributed by atoms with E-state index in [4.69, 9.17) is 10.2 Å². The van der Waals surface area contributed by atoms with Gasteiger partial charge in [-0.05, 0) is 43.5 Å². The van der Waals surface area contributed by atoms with Gasteiger partial charge in [0.2, 0.25) is 0 Å². The van der Waals surface area contributed by atoms with Crippen LogP contribution in [0.2, 0.25) is 0 Å². The second-order valence-corrected chi connectivity index (χ2v) is 6.61. The number of hydrogen-bond donors (Lipinski definition) is 2. The van der Waals surface area contributed by atoms with Crippen LogP contribution in [0, 0.1) is 0 Å². The van der Waals surface area contributed by atoms with Crippen LogP contribution in [0.3, 0.4) is 0 Å². The molecule has 0 atom stereocenters. The van der Waals surface area contributed by atoms with Gasteiger partial charge in [-0.25, -0.2) is 0 Å². The highest BCUT2D eigenvalue weighted by molar-refractivity contribution is 5.85. The molecule has 0 amide bonds. The molecule has 0 spiro atoms. The molecule has 1 aromatic heterocycles. The molecule has 142 valence electrons. The van der Waals surface area contributed by atoms with Gasteiger partial charge in [-0.2, -0.15) is 4.98 Å². The van der Waals surface area contributed by atoms with Crippen LogP contribution in [0.5, 0.6) is 0 Å². The lowest BCUT2D eigenvalue weighted by molar-refractivity contribution is 0.575. The molecule has 0 saturated heterocycles. The van der Waals surface area contributed by atoms with Crippen molar-refractivity contribution in [1.29, 1.82) is 0 Å². The number of oxazole rings is 1. The second kappa shape index (κ2) is 13.0. The van der Waals surface area contributed by atoms with Gasteiger partial charge in [0.15, 0.2) is 5.58 Å². The highest BCUT2D eigenvalue weighted by atomic mass is 35.5. The summed E-state index contributed by atoms with van der Waals surface area (Å²) < 4.78 is 5.70. The fourth-order valence-corrected chi connectivity index (χ4v) is 2.96. The molecule has 0 aliphatic heterocycles. The summed E-state index contributed by atoms with van der Waals surface area (Å²) in [5.74, 6) is 0. The Labute approximate surface area is 158 Å². The molecule has 0 fully saturated rings. The zero-order valence-electron chi connectivity index (χ0n) is 15.6. The van der Waals surface area contributed by atoms with Crippen LogP contribution in [0.1, 0.15) is 70.3 Å². The van der Waals surface area contributed by atoms with Gasteiger partial charge >= 0.3 is 0 Å². The summed E-state index contributed by atoms with van der Waals surface area (Å²) >= 11 is 0. The molecule has 0 radical (unpaired) electrons. The zero-order chi connectivity index (χ0) is 17.0. The second-order valence-electron chi connectivity index (χ2n) is 6.61. The number of nitrogens with one attached hydrogen (secondary N) is 1. The van der Waals surface area contributed by atoms with Gasteiger partial charge < -0.3 is 15.5 Å². The SMILES string of the molecule is CCCCCCCCCCc1ccc2oc(NCCCN)nc2c1.Cl. The van der Waals surface area contributed by atoms with E-state index in [-0.39, 0.29) is 12.4 Å². The molecular formula is C20H34ClN3O. The van der Waals surface area contributed by atoms with E-state index in [1.165, 1.54) is 56.9 Å². The number of nitrogens with zero attached hydrogens (tertiary/aromatic N) is 1. The lowest BCUT2D eigenvalue weighted by atomic mass is 10.0. The maximum atomic E-state index is 5.70. The first-order valence-electron chi connectivity index (χ1n) is 9.67. The lowest BCUT2D eigenvalue weighted by Crippen LogP contribution is -2.08. The third-order valence-electron chi connectivity index (χ3n) is 4.43. The highest BCUT2D eigenvalue weighted by Crippen LogP contribution is 2.21. The van der Waals surface area contributed by atoms with Crippen molar-refractivity contribution in [2.75, 3.05) is 18.4 Å². The van der Waals surface area contributed by atoms with Crippen molar-refractivity contribution >= 4 is 29.5 Å². The summed E-state index contributed by atoms with van der Waals surface area (Å²) in [6.45, 7) is 3.75. The largest absolute Gasteiger partial charge is 0.424 e. The molecule has 2 rings (SSSR count). The third-order valence-corrected chi connectivity index (χ3v) is 4.43. The standard InChI is InChI=1S/C20H33N3O.ClH/c1-2-3-4-5-6-7-8-9-11-17-12-13-19-18(16-17)23-20(24-19)22-15-10-14-21;/h12-13,16H,2-11,14-15,21H2,1H3,(H,22,23);1H. The minimum Gasteiger partial charge on any atom is -0.424 e. The molecule has 1 aromatic carbocycles. The molecule has 0 aliphatic rings. The maximum absolute atomic E-state index is 5.70. The first kappa shape index (κ1) is 21.8. The summed E-state index contributed by atoms with van der Waals surface area (Å²) in [7, 11) is 0. The molecule has 0 saturated carbocycles. The topological polar surface area (TPSA) is 64.1 Å². The summed E-state index contributed by atoms with van der Waals surface area (Å²) in [6.07, 6.45) is 12.9. The Hall–Kier alpha value is -1.26. The highest BCUT2D eigenvalue weighted by Gasteiger charge is 2.06. The molecule has 5 heteroatoms. The number of anilines is 1. The number of aromatic nitrogens is 1. The van der Waals surface area contributed by atoms with E-state index in [1.807, 2.05) is 6.07 Å². The van der Waals surface area contributed by atoms with Crippen LogP contribution in [-0.4, -0.2) is 18.1 Å². The number of aryl methyl sites for hydroxylation is 1. The predicted octanol–water partition coefficient (Wildman–Crippen LogP) is 5.69. The number of halogens is 1. The Morgan fingerprint density at radius 1 is 1.00 bits per heavy atom. The minimum absolute atomic E-state index is 0. The van der Waals surface area contributed by atoms with Crippen LogP contribution >= 0.6 is 12.4 Å². The number of fused-ring (bicyclic) bond motifs is 1. The van der Waals surface area contributed by atoms with Crippen molar-refractivity contribution in [1.82, 2.24) is 4.98 Å². The summed E-state index contributed by atoms with van der Waals surface area (Å²) in [6, 6.07) is 6.96. The van der Waals surface area contributed by atoms with Crippen LogP contribution in [0.25, 0.3) is 11.1 Å². The van der Waals surface area contributed by atoms with E-state index < -0.39 is 0 Å². The average Bonchev–Trinajstić information content (AvgIpc) is 2.99. The quantitative estimate of drug-likeness (QED) is 0.446. The number of unbranched alkanes of at least 4 members (excludes halogenated alkanes) is 7. The van der Waals surface area contributed by atoms with E-state index in [9.17, 15) is 0 Å². The predicted molar refractivity (Wildman–Crippen MR) is 110 cm³/mol. The van der Waals surface area contributed by atoms with Gasteiger partial charge in [0, 0.05) is 6.54 Å². The normalized spacial score (nSPS) is 10.8. The van der Waals surface area contributed by atoms with Crippen LogP contribution in [-0.2, 0) is 6.42 Å². The fraction of sp³-hybridized carbons (Fsp3) is 0.650. The molecule has 3 N–H and O–H groups in total. The summed E-state index contributed by atoms with van der Waals surface area (Å²) in [5, 5.41) is 3.18. The molecule has 0 bridgehead atoms. The first-order chi connectivity index (χ1) is 11.8. The summed E-state index contributed by atoms with van der Waals surface area (Å²) in [4.78, 5) is 4.51. The monoisotopic (exact) mass is 367 g/mol.